The average molecular weight is 268 g/mol. The van der Waals surface area contributed by atoms with Gasteiger partial charge < -0.3 is 4.52 Å². The Morgan fingerprint density at radius 3 is 2.79 bits per heavy atom. The molecule has 0 amide bonds. The summed E-state index contributed by atoms with van der Waals surface area (Å²) in [7, 11) is -4.50. The summed E-state index contributed by atoms with van der Waals surface area (Å²) in [5.41, 5.74) is 0. The highest BCUT2D eigenvalue weighted by molar-refractivity contribution is 7.54. The van der Waals surface area contributed by atoms with Gasteiger partial charge in [0.1, 0.15) is 1.41 Å². The Morgan fingerprint density at radius 1 is 1.57 bits per heavy atom. The number of nitrogens with one attached hydrogen (secondary N) is 1. The number of nitrogens with zero attached hydrogens (tertiary/aromatic N) is 1. The first-order valence-corrected chi connectivity index (χ1v) is 6.46. The summed E-state index contributed by atoms with van der Waals surface area (Å²) < 4.78 is 71.6. The van der Waals surface area contributed by atoms with Crippen LogP contribution in [0.2, 0.25) is 1.41 Å². The summed E-state index contributed by atoms with van der Waals surface area (Å²) >= 11 is 11.1. The van der Waals surface area contributed by atoms with Gasteiger partial charge in [-0.3, -0.25) is 4.57 Å². The molecular formula is C7H15Cl2N2O2P. The van der Waals surface area contributed by atoms with Crippen molar-refractivity contribution in [1.29, 1.82) is 0 Å². The molecule has 1 aliphatic rings. The minimum absolute atomic E-state index is 0.0308. The molecule has 1 rings (SSSR count). The van der Waals surface area contributed by atoms with Crippen LogP contribution >= 0.6 is 30.9 Å². The third kappa shape index (κ3) is 3.37. The van der Waals surface area contributed by atoms with Gasteiger partial charge in [0, 0.05) is 36.8 Å². The zero-order valence-electron chi connectivity index (χ0n) is 14.2. The van der Waals surface area contributed by atoms with Gasteiger partial charge in [-0.25, -0.2) is 9.75 Å². The van der Waals surface area contributed by atoms with E-state index in [2.05, 4.69) is 0 Å². The Balaban J connectivity index is 3.34. The van der Waals surface area contributed by atoms with Crippen LogP contribution in [0.4, 0.5) is 0 Å². The second kappa shape index (κ2) is 6.31. The average Bonchev–Trinajstić information content (AvgIpc) is 2.35. The lowest BCUT2D eigenvalue weighted by Crippen LogP contribution is -2.35. The lowest BCUT2D eigenvalue weighted by molar-refractivity contribution is 0.233. The Kier molecular flexibility index (Phi) is 2.64. The van der Waals surface area contributed by atoms with Gasteiger partial charge in [0.25, 0.3) is 0 Å². The molecule has 7 heteroatoms. The second-order valence-electron chi connectivity index (χ2n) is 2.35. The molecule has 0 aliphatic carbocycles. The minimum Gasteiger partial charge on any atom is -0.306 e. The SMILES string of the molecule is [2H]N1C([2H])([2H])C([2H])([2H])C([2H])([2H])OP1(=O)N(CCCl)CCCl. The molecule has 1 N–H and O–H groups in total. The smallest absolute Gasteiger partial charge is 0.306 e. The highest BCUT2D eigenvalue weighted by Crippen LogP contribution is 2.47. The van der Waals surface area contributed by atoms with Crippen molar-refractivity contribution < 1.29 is 18.7 Å². The molecule has 1 unspecified atom stereocenters. The van der Waals surface area contributed by atoms with Crippen molar-refractivity contribution in [1.82, 2.24) is 9.75 Å². The fourth-order valence-electron chi connectivity index (χ4n) is 0.894. The van der Waals surface area contributed by atoms with Crippen LogP contribution in [0, 0.1) is 0 Å². The van der Waals surface area contributed by atoms with Crippen molar-refractivity contribution >= 4 is 30.9 Å². The van der Waals surface area contributed by atoms with Gasteiger partial charge in [-0.1, -0.05) is 0 Å². The van der Waals surface area contributed by atoms with Crippen LogP contribution in [-0.2, 0) is 9.09 Å². The van der Waals surface area contributed by atoms with E-state index in [-0.39, 0.29) is 29.9 Å². The van der Waals surface area contributed by atoms with E-state index in [9.17, 15) is 4.57 Å². The molecule has 0 bridgehead atoms. The largest absolute Gasteiger partial charge is 0.343 e. The van der Waals surface area contributed by atoms with Crippen LogP contribution in [0.25, 0.3) is 0 Å². The normalized spacial score (nSPS) is 47.8. The first kappa shape index (κ1) is 5.85. The number of halogens is 2. The van der Waals surface area contributed by atoms with Gasteiger partial charge in [0.15, 0.2) is 0 Å². The van der Waals surface area contributed by atoms with Gasteiger partial charge in [-0.2, -0.15) is 0 Å². The van der Waals surface area contributed by atoms with Crippen molar-refractivity contribution in [2.45, 2.75) is 6.37 Å². The standard InChI is InChI=1S/C7H15Cl2N2O2P/c8-2-5-11(6-3-9)14(12)10-4-1-7-13-14/h1-7H2,(H,10,12)/i1D2,4D2,7D2/hD. The Labute approximate surface area is 104 Å². The highest BCUT2D eigenvalue weighted by atomic mass is 35.5. The van der Waals surface area contributed by atoms with E-state index in [1.54, 1.807) is 0 Å². The first-order valence-electron chi connectivity index (χ1n) is 7.31. The molecule has 0 aromatic carbocycles. The highest BCUT2D eigenvalue weighted by Gasteiger charge is 2.32. The predicted molar refractivity (Wildman–Crippen MR) is 59.2 cm³/mol. The van der Waals surface area contributed by atoms with Crippen molar-refractivity contribution in [2.75, 3.05) is 37.9 Å². The number of hydrogen-bond acceptors (Lipinski definition) is 2. The van der Waals surface area contributed by atoms with Gasteiger partial charge >= 0.3 is 7.67 Å². The summed E-state index contributed by atoms with van der Waals surface area (Å²) in [6, 6.07) is 0. The molecule has 1 fully saturated rings. The van der Waals surface area contributed by atoms with E-state index in [0.29, 0.717) is 0 Å². The molecule has 0 saturated carbocycles. The zero-order chi connectivity index (χ0) is 16.7. The second-order valence-corrected chi connectivity index (χ2v) is 5.04. The van der Waals surface area contributed by atoms with Gasteiger partial charge in [0.05, 0.1) is 9.30 Å². The summed E-state index contributed by atoms with van der Waals surface area (Å²) in [5.74, 6) is -0.0616. The molecule has 0 radical (unpaired) electrons. The molecule has 4 nitrogen and oxygen atoms in total. The third-order valence-corrected chi connectivity index (χ3v) is 3.63. The van der Waals surface area contributed by atoms with Gasteiger partial charge in [0.2, 0.25) is 0 Å². The number of rotatable bonds is 5. The first-order chi connectivity index (χ1) is 9.38. The van der Waals surface area contributed by atoms with E-state index in [0.717, 1.165) is 4.67 Å². The molecular weight excluding hydrogens is 246 g/mol. The topological polar surface area (TPSA) is 41.6 Å². The van der Waals surface area contributed by atoms with Crippen molar-refractivity contribution in [2.24, 2.45) is 0 Å². The van der Waals surface area contributed by atoms with Crippen LogP contribution in [0.1, 0.15) is 14.6 Å². The maximum absolute atomic E-state index is 12.8. The van der Waals surface area contributed by atoms with Gasteiger partial charge in [-0.15, -0.1) is 23.2 Å². The van der Waals surface area contributed by atoms with Crippen LogP contribution in [0.15, 0.2) is 0 Å². The Bertz CT molecular complexity index is 435. The number of alkyl halides is 2. The lowest BCUT2D eigenvalue weighted by atomic mass is 10.5. The zero-order valence-corrected chi connectivity index (χ0v) is 9.65. The van der Waals surface area contributed by atoms with Gasteiger partial charge in [-0.05, 0) is 6.37 Å². The predicted octanol–water partition coefficient (Wildman–Crippen LogP) is 1.88. The molecule has 1 aliphatic heterocycles. The molecule has 14 heavy (non-hydrogen) atoms. The van der Waals surface area contributed by atoms with Crippen LogP contribution in [-0.4, -0.2) is 42.6 Å². The fraction of sp³-hybridized carbons (Fsp3) is 1.00. The van der Waals surface area contributed by atoms with Crippen LogP contribution in [0.5, 0.6) is 0 Å². The van der Waals surface area contributed by atoms with E-state index in [1.165, 1.54) is 0 Å². The van der Waals surface area contributed by atoms with Crippen molar-refractivity contribution in [3.63, 3.8) is 0 Å². The van der Waals surface area contributed by atoms with Crippen LogP contribution < -0.4 is 5.08 Å². The maximum Gasteiger partial charge on any atom is 0.343 e. The van der Waals surface area contributed by atoms with E-state index < -0.39 is 27.1 Å². The Morgan fingerprint density at radius 2 is 2.21 bits per heavy atom. The molecule has 0 aromatic rings. The summed E-state index contributed by atoms with van der Waals surface area (Å²) in [5, 5.41) is -0.152. The quantitative estimate of drug-likeness (QED) is 0.610. The molecule has 0 spiro atoms. The molecule has 84 valence electrons. The monoisotopic (exact) mass is 267 g/mol. The van der Waals surface area contributed by atoms with E-state index in [4.69, 9.17) is 37.4 Å². The summed E-state index contributed by atoms with van der Waals surface area (Å²) in [4.78, 5) is 0. The summed E-state index contributed by atoms with van der Waals surface area (Å²) in [6.07, 6.45) is -3.21. The third-order valence-electron chi connectivity index (χ3n) is 1.49. The van der Waals surface area contributed by atoms with Crippen LogP contribution in [0.3, 0.4) is 0 Å². The number of hydrogen-bond donors (Lipinski definition) is 1. The van der Waals surface area contributed by atoms with Crippen molar-refractivity contribution in [3.8, 4) is 0 Å². The minimum atomic E-state index is -4.50. The maximum atomic E-state index is 12.8. The van der Waals surface area contributed by atoms with E-state index in [1.807, 2.05) is 0 Å². The van der Waals surface area contributed by atoms with Crippen molar-refractivity contribution in [3.05, 3.63) is 0 Å². The Hall–Kier alpha value is 0.690. The molecule has 1 heterocycles. The lowest BCUT2D eigenvalue weighted by Gasteiger charge is -2.33. The summed E-state index contributed by atoms with van der Waals surface area (Å²) in [6.45, 7) is -6.55. The van der Waals surface area contributed by atoms with E-state index >= 15 is 0 Å². The molecule has 1 atom stereocenters. The fourth-order valence-corrected chi connectivity index (χ4v) is 2.87. The molecule has 1 saturated heterocycles. The molecule has 0 aromatic heterocycles.